The van der Waals surface area contributed by atoms with Crippen LogP contribution in [0.2, 0.25) is 20.1 Å². The topological polar surface area (TPSA) is 82.9 Å². The van der Waals surface area contributed by atoms with Crippen molar-refractivity contribution < 1.29 is 9.59 Å². The minimum atomic E-state index is -1.04. The van der Waals surface area contributed by atoms with Crippen LogP contribution in [0.1, 0.15) is 11.1 Å². The Morgan fingerprint density at radius 1 is 0.692 bits per heavy atom. The van der Waals surface area contributed by atoms with Gasteiger partial charge in [0.1, 0.15) is 0 Å². The zero-order chi connectivity index (χ0) is 19.1. The van der Waals surface area contributed by atoms with Gasteiger partial charge in [-0.05, 0) is 24.3 Å². The zero-order valence-electron chi connectivity index (χ0n) is 12.8. The van der Waals surface area contributed by atoms with Gasteiger partial charge in [0.25, 0.3) is 0 Å². The maximum atomic E-state index is 11.7. The Hall–Kier alpha value is -2.12. The van der Waals surface area contributed by atoms with E-state index in [-0.39, 0.29) is 0 Å². The van der Waals surface area contributed by atoms with Gasteiger partial charge >= 0.3 is 11.8 Å². The van der Waals surface area contributed by atoms with Gasteiger partial charge in [-0.3, -0.25) is 9.59 Å². The quantitative estimate of drug-likeness (QED) is 0.437. The molecule has 0 unspecified atom stereocenters. The molecule has 0 heterocycles. The number of amides is 2. The largest absolute Gasteiger partial charge is 0.331 e. The van der Waals surface area contributed by atoms with Crippen molar-refractivity contribution in [3.8, 4) is 0 Å². The van der Waals surface area contributed by atoms with Crippen LogP contribution in [0, 0.1) is 0 Å². The lowest BCUT2D eigenvalue weighted by Crippen LogP contribution is -2.35. The molecule has 26 heavy (non-hydrogen) atoms. The second kappa shape index (κ2) is 9.54. The van der Waals surface area contributed by atoms with E-state index in [0.717, 1.165) is 0 Å². The molecule has 2 amide bonds. The van der Waals surface area contributed by atoms with E-state index in [1.54, 1.807) is 36.4 Å². The van der Waals surface area contributed by atoms with E-state index in [2.05, 4.69) is 10.2 Å². The van der Waals surface area contributed by atoms with Crippen molar-refractivity contribution in [2.45, 2.75) is 0 Å². The fourth-order valence-electron chi connectivity index (χ4n) is 1.68. The van der Waals surface area contributed by atoms with Crippen LogP contribution in [0.25, 0.3) is 0 Å². The summed E-state index contributed by atoms with van der Waals surface area (Å²) in [5.41, 5.74) is 4.87. The number of hydrazone groups is 2. The number of benzene rings is 2. The van der Waals surface area contributed by atoms with Crippen molar-refractivity contribution in [2.75, 3.05) is 0 Å². The first kappa shape index (κ1) is 20.2. The average Bonchev–Trinajstić information content (AvgIpc) is 2.59. The molecule has 2 rings (SSSR count). The molecule has 0 saturated heterocycles. The van der Waals surface area contributed by atoms with Gasteiger partial charge in [-0.2, -0.15) is 10.2 Å². The molecular weight excluding hydrogens is 422 g/mol. The summed E-state index contributed by atoms with van der Waals surface area (Å²) in [6.45, 7) is 0. The van der Waals surface area contributed by atoms with E-state index in [4.69, 9.17) is 46.4 Å². The van der Waals surface area contributed by atoms with Gasteiger partial charge in [0.15, 0.2) is 0 Å². The Bertz CT molecular complexity index is 786. The lowest BCUT2D eigenvalue weighted by Gasteiger charge is -2.02. The van der Waals surface area contributed by atoms with Gasteiger partial charge in [0.2, 0.25) is 0 Å². The van der Waals surface area contributed by atoms with Crippen LogP contribution < -0.4 is 10.9 Å². The van der Waals surface area contributed by atoms with Gasteiger partial charge in [-0.15, -0.1) is 0 Å². The Kier molecular flexibility index (Phi) is 7.41. The highest BCUT2D eigenvalue weighted by Crippen LogP contribution is 2.22. The molecular formula is C16H10Cl4N4O2. The lowest BCUT2D eigenvalue weighted by molar-refractivity contribution is -0.139. The minimum absolute atomic E-state index is 0.348. The second-order valence-corrected chi connectivity index (χ2v) is 6.30. The molecule has 0 aliphatic heterocycles. The van der Waals surface area contributed by atoms with Gasteiger partial charge in [-0.1, -0.05) is 58.5 Å². The lowest BCUT2D eigenvalue weighted by atomic mass is 10.2. The van der Waals surface area contributed by atoms with Crippen LogP contribution in [-0.2, 0) is 9.59 Å². The highest BCUT2D eigenvalue weighted by molar-refractivity contribution is 6.39. The standard InChI is InChI=1S/C16H10Cl4N4O2/c17-11-3-1-4-12(18)9(11)7-21-23-15(25)16(26)24-22-8-10-13(19)5-2-6-14(10)20/h1-8H,(H,23,25)(H,24,26)/b21-7+,22-8?. The monoisotopic (exact) mass is 430 g/mol. The Morgan fingerprint density at radius 3 is 1.31 bits per heavy atom. The minimum Gasteiger partial charge on any atom is -0.262 e. The van der Waals surface area contributed by atoms with Gasteiger partial charge < -0.3 is 0 Å². The number of carbonyl (C=O) groups is 2. The van der Waals surface area contributed by atoms with Crippen LogP contribution in [0.4, 0.5) is 0 Å². The molecule has 2 N–H and O–H groups in total. The van der Waals surface area contributed by atoms with Gasteiger partial charge in [0.05, 0.1) is 32.5 Å². The summed E-state index contributed by atoms with van der Waals surface area (Å²) in [6, 6.07) is 9.76. The number of carbonyl (C=O) groups excluding carboxylic acids is 2. The molecule has 2 aromatic rings. The molecule has 2 aromatic carbocycles. The van der Waals surface area contributed by atoms with Crippen molar-refractivity contribution in [1.82, 2.24) is 10.9 Å². The van der Waals surface area contributed by atoms with Crippen molar-refractivity contribution >= 4 is 70.6 Å². The molecule has 0 saturated carbocycles. The van der Waals surface area contributed by atoms with E-state index in [0.29, 0.717) is 31.2 Å². The number of hydrogen-bond acceptors (Lipinski definition) is 4. The maximum Gasteiger partial charge on any atom is 0.331 e. The Morgan fingerprint density at radius 2 is 1.00 bits per heavy atom. The first-order chi connectivity index (χ1) is 12.4. The van der Waals surface area contributed by atoms with Crippen LogP contribution in [0.3, 0.4) is 0 Å². The average molecular weight is 432 g/mol. The summed E-state index contributed by atoms with van der Waals surface area (Å²) >= 11 is 23.8. The molecule has 10 heteroatoms. The third-order valence-electron chi connectivity index (χ3n) is 2.93. The highest BCUT2D eigenvalue weighted by atomic mass is 35.5. The first-order valence-electron chi connectivity index (χ1n) is 6.94. The van der Waals surface area contributed by atoms with Gasteiger partial charge in [0, 0.05) is 11.1 Å². The molecule has 134 valence electrons. The summed E-state index contributed by atoms with van der Waals surface area (Å²) in [7, 11) is 0. The molecule has 0 aromatic heterocycles. The maximum absolute atomic E-state index is 11.7. The smallest absolute Gasteiger partial charge is 0.262 e. The first-order valence-corrected chi connectivity index (χ1v) is 8.46. The molecule has 0 fully saturated rings. The van der Waals surface area contributed by atoms with E-state index in [1.807, 2.05) is 10.9 Å². The molecule has 0 aliphatic rings. The Balaban J connectivity index is 1.93. The van der Waals surface area contributed by atoms with Crippen LogP contribution in [0.5, 0.6) is 0 Å². The molecule has 0 atom stereocenters. The third-order valence-corrected chi connectivity index (χ3v) is 4.24. The summed E-state index contributed by atoms with van der Waals surface area (Å²) in [5.74, 6) is -2.07. The summed E-state index contributed by atoms with van der Waals surface area (Å²) < 4.78 is 0. The molecule has 0 aliphatic carbocycles. The predicted octanol–water partition coefficient (Wildman–Crippen LogP) is 3.90. The van der Waals surface area contributed by atoms with Crippen molar-refractivity contribution in [1.29, 1.82) is 0 Å². The number of rotatable bonds is 4. The highest BCUT2D eigenvalue weighted by Gasteiger charge is 2.12. The fourth-order valence-corrected chi connectivity index (χ4v) is 2.67. The molecule has 0 spiro atoms. The SMILES string of the molecule is O=C(NN=Cc1c(Cl)cccc1Cl)C(=O)N/N=C/c1c(Cl)cccc1Cl. The molecule has 0 bridgehead atoms. The van der Waals surface area contributed by atoms with E-state index in [1.165, 1.54) is 12.4 Å². The summed E-state index contributed by atoms with van der Waals surface area (Å²) in [6.07, 6.45) is 2.45. The predicted molar refractivity (Wildman–Crippen MR) is 104 cm³/mol. The molecule has 0 radical (unpaired) electrons. The third kappa shape index (κ3) is 5.44. The van der Waals surface area contributed by atoms with Crippen molar-refractivity contribution in [3.63, 3.8) is 0 Å². The normalized spacial score (nSPS) is 11.1. The Labute approximate surface area is 168 Å². The molecule has 6 nitrogen and oxygen atoms in total. The fraction of sp³-hybridized carbons (Fsp3) is 0. The number of halogens is 4. The van der Waals surface area contributed by atoms with Crippen molar-refractivity contribution in [3.05, 3.63) is 67.6 Å². The van der Waals surface area contributed by atoms with Crippen LogP contribution >= 0.6 is 46.4 Å². The van der Waals surface area contributed by atoms with E-state index < -0.39 is 11.8 Å². The summed E-state index contributed by atoms with van der Waals surface area (Å²) in [5, 5.41) is 8.65. The zero-order valence-corrected chi connectivity index (χ0v) is 15.9. The van der Waals surface area contributed by atoms with Crippen molar-refractivity contribution in [2.24, 2.45) is 10.2 Å². The summed E-state index contributed by atoms with van der Waals surface area (Å²) in [4.78, 5) is 23.3. The van der Waals surface area contributed by atoms with Crippen LogP contribution in [0.15, 0.2) is 46.6 Å². The number of nitrogens with zero attached hydrogens (tertiary/aromatic N) is 2. The van der Waals surface area contributed by atoms with E-state index >= 15 is 0 Å². The van der Waals surface area contributed by atoms with E-state index in [9.17, 15) is 9.59 Å². The van der Waals surface area contributed by atoms with Crippen LogP contribution in [-0.4, -0.2) is 24.2 Å². The van der Waals surface area contributed by atoms with Gasteiger partial charge in [-0.25, -0.2) is 10.9 Å². The second-order valence-electron chi connectivity index (χ2n) is 4.67. The number of hydrogen-bond donors (Lipinski definition) is 2. The number of nitrogens with one attached hydrogen (secondary N) is 2.